The number of hydrogen-bond acceptors (Lipinski definition) is 10. The van der Waals surface area contributed by atoms with Gasteiger partial charge in [-0.3, -0.25) is 4.90 Å². The third-order valence-electron chi connectivity index (χ3n) is 16.9. The van der Waals surface area contributed by atoms with Crippen molar-refractivity contribution < 1.29 is 34.3 Å². The molecule has 3 aliphatic heterocycles. The molecule has 286 valence electrons. The van der Waals surface area contributed by atoms with Crippen LogP contribution >= 0.6 is 0 Å². The summed E-state index contributed by atoms with van der Waals surface area (Å²) in [5.74, 6) is 1.89. The molecule has 50 heavy (non-hydrogen) atoms. The van der Waals surface area contributed by atoms with Gasteiger partial charge in [-0.05, 0) is 116 Å². The summed E-state index contributed by atoms with van der Waals surface area (Å²) >= 11 is 0. The molecule has 8 fully saturated rings. The van der Waals surface area contributed by atoms with Crippen molar-refractivity contribution in [1.29, 1.82) is 0 Å². The minimum Gasteiger partial charge on any atom is -0.388 e. The van der Waals surface area contributed by atoms with Crippen LogP contribution in [0.15, 0.2) is 0 Å². The molecule has 5 saturated carbocycles. The summed E-state index contributed by atoms with van der Waals surface area (Å²) in [7, 11) is 1.78. The Hall–Kier alpha value is -0.400. The maximum absolute atomic E-state index is 12.4. The molecule has 14 atom stereocenters. The predicted octanol–water partition coefficient (Wildman–Crippen LogP) is 3.24. The van der Waals surface area contributed by atoms with E-state index in [0.29, 0.717) is 12.3 Å². The first kappa shape index (κ1) is 36.6. The van der Waals surface area contributed by atoms with E-state index in [1.807, 2.05) is 0 Å². The number of aliphatic hydroxyl groups is 3. The van der Waals surface area contributed by atoms with Crippen molar-refractivity contribution in [2.24, 2.45) is 57.0 Å². The van der Waals surface area contributed by atoms with Gasteiger partial charge in [0.15, 0.2) is 6.29 Å². The van der Waals surface area contributed by atoms with Crippen LogP contribution in [0.2, 0.25) is 0 Å². The van der Waals surface area contributed by atoms with E-state index in [1.54, 1.807) is 21.0 Å². The largest absolute Gasteiger partial charge is 0.388 e. The fourth-order valence-electron chi connectivity index (χ4n) is 14.5. The number of ether oxygens (including phenoxy) is 4. The van der Waals surface area contributed by atoms with Crippen molar-refractivity contribution in [2.75, 3.05) is 59.6 Å². The Balaban J connectivity index is 0.951. The van der Waals surface area contributed by atoms with Crippen LogP contribution in [0.4, 0.5) is 0 Å². The Bertz CT molecular complexity index is 1270. The maximum Gasteiger partial charge on any atom is 0.170 e. The molecule has 3 saturated heterocycles. The summed E-state index contributed by atoms with van der Waals surface area (Å²) in [6.45, 7) is 20.6. The molecule has 0 aromatic rings. The third kappa shape index (κ3) is 5.16. The molecule has 3 heterocycles. The Morgan fingerprint density at radius 2 is 1.72 bits per heavy atom. The lowest BCUT2D eigenvalue weighted by Gasteiger charge is -2.63. The number of aliphatic hydroxyl groups excluding tert-OH is 2. The molecule has 10 nitrogen and oxygen atoms in total. The number of hydrogen-bond donors (Lipinski definition) is 4. The fraction of sp³-hybridized carbons (Fsp3) is 1.00. The fourth-order valence-corrected chi connectivity index (χ4v) is 14.5. The zero-order valence-corrected chi connectivity index (χ0v) is 32.1. The third-order valence-corrected chi connectivity index (χ3v) is 16.9. The van der Waals surface area contributed by atoms with Gasteiger partial charge in [-0.2, -0.15) is 0 Å². The number of morpholine rings is 1. The lowest BCUT2D eigenvalue weighted by Crippen LogP contribution is -2.70. The number of nitrogens with two attached hydrogens (primary N) is 1. The van der Waals surface area contributed by atoms with E-state index in [1.165, 1.54) is 19.3 Å². The van der Waals surface area contributed by atoms with Gasteiger partial charge in [0.1, 0.15) is 6.10 Å². The minimum atomic E-state index is -1.28. The molecule has 0 bridgehead atoms. The summed E-state index contributed by atoms with van der Waals surface area (Å²) in [6, 6.07) is 0. The average Bonchev–Trinajstić information content (AvgIpc) is 3.67. The van der Waals surface area contributed by atoms with Crippen LogP contribution in [0.5, 0.6) is 0 Å². The van der Waals surface area contributed by atoms with Gasteiger partial charge in [-0.25, -0.2) is 0 Å². The molecule has 5 N–H and O–H groups in total. The second-order valence-electron chi connectivity index (χ2n) is 20.1. The van der Waals surface area contributed by atoms with Crippen LogP contribution in [0, 0.1) is 51.2 Å². The van der Waals surface area contributed by atoms with Crippen molar-refractivity contribution >= 4 is 0 Å². The standard InChI is InChI=1S/C40H69N3O7/c1-24-18-26(33(44)36(4,5)46)49-32-31(24)37(6)12-13-39-23-38(39)11-10-29(35(2,3)27(38)8-9-28(39)40(37,41)34(32)45)50-30-22-43(15-17-48-30)21-25-19-42(20-25)14-16-47-7/h24-34,44-46H,8-23,41H2,1-7H3. The summed E-state index contributed by atoms with van der Waals surface area (Å²) in [6.07, 6.45) is 5.68. The lowest BCUT2D eigenvalue weighted by molar-refractivity contribution is -0.247. The van der Waals surface area contributed by atoms with E-state index >= 15 is 0 Å². The molecule has 0 radical (unpaired) electrons. The monoisotopic (exact) mass is 704 g/mol. The van der Waals surface area contributed by atoms with Gasteiger partial charge < -0.3 is 44.9 Å². The van der Waals surface area contributed by atoms with Gasteiger partial charge in [0.05, 0.1) is 48.8 Å². The molecule has 0 aromatic carbocycles. The van der Waals surface area contributed by atoms with E-state index in [9.17, 15) is 15.3 Å². The predicted molar refractivity (Wildman–Crippen MR) is 190 cm³/mol. The second kappa shape index (κ2) is 12.3. The maximum atomic E-state index is 12.4. The molecule has 5 aliphatic carbocycles. The Kier molecular flexibility index (Phi) is 9.00. The summed E-state index contributed by atoms with van der Waals surface area (Å²) in [5.41, 5.74) is 5.95. The molecular formula is C40H69N3O7. The summed E-state index contributed by atoms with van der Waals surface area (Å²) < 4.78 is 25.1. The van der Waals surface area contributed by atoms with E-state index in [-0.39, 0.29) is 51.8 Å². The lowest BCUT2D eigenvalue weighted by atomic mass is 9.43. The SMILES string of the molecule is COCCN1CC(CN2CCOC(OC3CCC45CC46CCC4(C)C7C(C)CC(C(O)C(C)(C)O)OC7C(O)C4(N)C6CCC5C3(C)C)C2)C1. The summed E-state index contributed by atoms with van der Waals surface area (Å²) in [5, 5.41) is 34.0. The van der Waals surface area contributed by atoms with Gasteiger partial charge in [0.25, 0.3) is 0 Å². The number of rotatable bonds is 9. The van der Waals surface area contributed by atoms with E-state index in [2.05, 4.69) is 37.5 Å². The summed E-state index contributed by atoms with van der Waals surface area (Å²) in [4.78, 5) is 5.05. The number of methoxy groups -OCH3 is 1. The van der Waals surface area contributed by atoms with Crippen LogP contribution in [-0.4, -0.2) is 133 Å². The molecule has 8 rings (SSSR count). The van der Waals surface area contributed by atoms with Crippen molar-refractivity contribution in [3.63, 3.8) is 0 Å². The van der Waals surface area contributed by atoms with E-state index in [0.717, 1.165) is 84.1 Å². The number of fused-ring (bicyclic) bond motifs is 4. The molecule has 10 heteroatoms. The van der Waals surface area contributed by atoms with Crippen molar-refractivity contribution in [3.8, 4) is 0 Å². The van der Waals surface area contributed by atoms with Crippen LogP contribution in [-0.2, 0) is 18.9 Å². The normalized spacial score (nSPS) is 51.1. The number of likely N-dealkylation sites (tertiary alicyclic amines) is 1. The first-order chi connectivity index (χ1) is 23.5. The molecule has 0 aromatic heterocycles. The molecule has 14 unspecified atom stereocenters. The van der Waals surface area contributed by atoms with Gasteiger partial charge in [-0.1, -0.05) is 27.7 Å². The zero-order chi connectivity index (χ0) is 35.6. The first-order valence-corrected chi connectivity index (χ1v) is 20.3. The molecule has 2 spiro atoms. The Morgan fingerprint density at radius 1 is 1.00 bits per heavy atom. The van der Waals surface area contributed by atoms with Crippen LogP contribution in [0.1, 0.15) is 92.9 Å². The van der Waals surface area contributed by atoms with Gasteiger partial charge in [-0.15, -0.1) is 0 Å². The molecule has 0 amide bonds. The molecule has 8 aliphatic rings. The quantitative estimate of drug-likeness (QED) is 0.284. The minimum absolute atomic E-state index is 0.0249. The Morgan fingerprint density at radius 3 is 2.44 bits per heavy atom. The van der Waals surface area contributed by atoms with Crippen LogP contribution < -0.4 is 5.73 Å². The highest BCUT2D eigenvalue weighted by Crippen LogP contribution is 2.87. The molecular weight excluding hydrogens is 634 g/mol. The van der Waals surface area contributed by atoms with Crippen LogP contribution in [0.25, 0.3) is 0 Å². The van der Waals surface area contributed by atoms with Crippen molar-refractivity contribution in [3.05, 3.63) is 0 Å². The Labute approximate surface area is 301 Å². The van der Waals surface area contributed by atoms with Gasteiger partial charge >= 0.3 is 0 Å². The highest BCUT2D eigenvalue weighted by atomic mass is 16.7. The van der Waals surface area contributed by atoms with Crippen molar-refractivity contribution in [2.45, 2.75) is 141 Å². The van der Waals surface area contributed by atoms with E-state index < -0.39 is 35.6 Å². The van der Waals surface area contributed by atoms with Crippen molar-refractivity contribution in [1.82, 2.24) is 9.80 Å². The average molecular weight is 704 g/mol. The van der Waals surface area contributed by atoms with Crippen LogP contribution in [0.3, 0.4) is 0 Å². The van der Waals surface area contributed by atoms with Gasteiger partial charge in [0, 0.05) is 46.4 Å². The zero-order valence-electron chi connectivity index (χ0n) is 32.1. The van der Waals surface area contributed by atoms with E-state index in [4.69, 9.17) is 24.7 Å². The second-order valence-corrected chi connectivity index (χ2v) is 20.1. The number of nitrogens with zero attached hydrogens (tertiary/aromatic N) is 2. The highest BCUT2D eigenvalue weighted by molar-refractivity contribution is 5.35. The first-order valence-electron chi connectivity index (χ1n) is 20.3. The van der Waals surface area contributed by atoms with Gasteiger partial charge in [0.2, 0.25) is 0 Å². The highest BCUT2D eigenvalue weighted by Gasteiger charge is 2.85. The smallest absolute Gasteiger partial charge is 0.170 e. The topological polar surface area (TPSA) is 130 Å².